The van der Waals surface area contributed by atoms with E-state index in [1.807, 2.05) is 51.1 Å². The van der Waals surface area contributed by atoms with Gasteiger partial charge in [0.15, 0.2) is 0 Å². The molecule has 0 aliphatic carbocycles. The van der Waals surface area contributed by atoms with Crippen molar-refractivity contribution in [1.82, 2.24) is 14.8 Å². The maximum Gasteiger partial charge on any atom is 0.259 e. The van der Waals surface area contributed by atoms with Gasteiger partial charge >= 0.3 is 0 Å². The molecule has 160 valence electrons. The van der Waals surface area contributed by atoms with Crippen LogP contribution < -0.4 is 15.0 Å². The maximum absolute atomic E-state index is 12.9. The highest BCUT2D eigenvalue weighted by Crippen LogP contribution is 2.31. The SMILES string of the molecule is Cc1ccc(C(=O)Nc2ccc3c(c2)CCN3C(=O)Cn2cncn2)c(OC(C)C)c1. The highest BCUT2D eigenvalue weighted by molar-refractivity contribution is 6.06. The third kappa shape index (κ3) is 4.58. The van der Waals surface area contributed by atoms with Crippen molar-refractivity contribution in [2.24, 2.45) is 0 Å². The molecule has 1 aromatic heterocycles. The quantitative estimate of drug-likeness (QED) is 0.663. The van der Waals surface area contributed by atoms with Crippen LogP contribution in [0.25, 0.3) is 0 Å². The van der Waals surface area contributed by atoms with Crippen LogP contribution in [0.5, 0.6) is 5.75 Å². The summed E-state index contributed by atoms with van der Waals surface area (Å²) in [5.74, 6) is 0.294. The molecule has 0 fully saturated rings. The number of carbonyl (C=O) groups is 2. The van der Waals surface area contributed by atoms with E-state index in [1.165, 1.54) is 17.3 Å². The summed E-state index contributed by atoms with van der Waals surface area (Å²) in [6.07, 6.45) is 3.63. The zero-order chi connectivity index (χ0) is 22.0. The molecule has 0 radical (unpaired) electrons. The van der Waals surface area contributed by atoms with Gasteiger partial charge in [0, 0.05) is 17.9 Å². The first-order valence-corrected chi connectivity index (χ1v) is 10.2. The van der Waals surface area contributed by atoms with E-state index in [0.717, 1.165) is 23.2 Å². The van der Waals surface area contributed by atoms with Gasteiger partial charge in [-0.25, -0.2) is 9.67 Å². The van der Waals surface area contributed by atoms with E-state index in [0.29, 0.717) is 23.5 Å². The van der Waals surface area contributed by atoms with Gasteiger partial charge in [-0.2, -0.15) is 5.10 Å². The number of anilines is 2. The number of aromatic nitrogens is 3. The molecule has 3 aromatic rings. The van der Waals surface area contributed by atoms with Gasteiger partial charge in [0.25, 0.3) is 5.91 Å². The molecule has 0 saturated heterocycles. The summed E-state index contributed by atoms with van der Waals surface area (Å²) in [6, 6.07) is 11.2. The molecular formula is C23H25N5O3. The van der Waals surface area contributed by atoms with Crippen LogP contribution in [0.3, 0.4) is 0 Å². The molecule has 0 spiro atoms. The third-order valence-electron chi connectivity index (χ3n) is 5.04. The van der Waals surface area contributed by atoms with Gasteiger partial charge in [0.2, 0.25) is 5.91 Å². The number of hydrogen-bond acceptors (Lipinski definition) is 5. The highest BCUT2D eigenvalue weighted by Gasteiger charge is 2.25. The minimum atomic E-state index is -0.229. The largest absolute Gasteiger partial charge is 0.490 e. The molecule has 0 unspecified atom stereocenters. The van der Waals surface area contributed by atoms with Crippen molar-refractivity contribution >= 4 is 23.2 Å². The number of aryl methyl sites for hydroxylation is 1. The van der Waals surface area contributed by atoms with Gasteiger partial charge in [0.1, 0.15) is 24.9 Å². The van der Waals surface area contributed by atoms with Crippen LogP contribution in [-0.4, -0.2) is 39.2 Å². The van der Waals surface area contributed by atoms with Gasteiger partial charge in [0.05, 0.1) is 11.7 Å². The Morgan fingerprint density at radius 2 is 2.03 bits per heavy atom. The number of ether oxygens (including phenoxy) is 1. The van der Waals surface area contributed by atoms with E-state index >= 15 is 0 Å². The molecular weight excluding hydrogens is 394 g/mol. The number of amides is 2. The van der Waals surface area contributed by atoms with Crippen LogP contribution in [0.15, 0.2) is 49.1 Å². The van der Waals surface area contributed by atoms with Crippen LogP contribution >= 0.6 is 0 Å². The molecule has 1 aliphatic heterocycles. The maximum atomic E-state index is 12.9. The summed E-state index contributed by atoms with van der Waals surface area (Å²) in [4.78, 5) is 31.2. The van der Waals surface area contributed by atoms with E-state index < -0.39 is 0 Å². The van der Waals surface area contributed by atoms with Gasteiger partial charge in [-0.1, -0.05) is 6.07 Å². The number of nitrogens with one attached hydrogen (secondary N) is 1. The lowest BCUT2D eigenvalue weighted by molar-refractivity contribution is -0.119. The van der Waals surface area contributed by atoms with Crippen LogP contribution in [0, 0.1) is 6.92 Å². The summed E-state index contributed by atoms with van der Waals surface area (Å²) in [6.45, 7) is 6.57. The smallest absolute Gasteiger partial charge is 0.259 e. The Bertz CT molecular complexity index is 1110. The van der Waals surface area contributed by atoms with Crippen LogP contribution in [-0.2, 0) is 17.8 Å². The molecule has 2 amide bonds. The van der Waals surface area contributed by atoms with Crippen molar-refractivity contribution in [3.05, 3.63) is 65.7 Å². The number of fused-ring (bicyclic) bond motifs is 1. The van der Waals surface area contributed by atoms with Crippen LogP contribution in [0.4, 0.5) is 11.4 Å². The van der Waals surface area contributed by atoms with Crippen LogP contribution in [0.1, 0.15) is 35.3 Å². The van der Waals surface area contributed by atoms with Gasteiger partial charge in [-0.15, -0.1) is 0 Å². The van der Waals surface area contributed by atoms with E-state index in [1.54, 1.807) is 11.0 Å². The van der Waals surface area contributed by atoms with E-state index in [2.05, 4.69) is 15.4 Å². The molecule has 0 atom stereocenters. The number of carbonyl (C=O) groups excluding carboxylic acids is 2. The summed E-state index contributed by atoms with van der Waals surface area (Å²) in [7, 11) is 0. The second-order valence-electron chi connectivity index (χ2n) is 7.85. The Morgan fingerprint density at radius 1 is 1.19 bits per heavy atom. The zero-order valence-corrected chi connectivity index (χ0v) is 17.8. The topological polar surface area (TPSA) is 89.4 Å². The fraction of sp³-hybridized carbons (Fsp3) is 0.304. The molecule has 1 aliphatic rings. The van der Waals surface area contributed by atoms with E-state index in [9.17, 15) is 9.59 Å². The molecule has 8 heteroatoms. The standard InChI is InChI=1S/C23H25N5O3/c1-15(2)31-21-10-16(3)4-6-19(21)23(30)26-18-5-7-20-17(11-18)8-9-28(20)22(29)12-27-14-24-13-25-27/h4-7,10-11,13-15H,8-9,12H2,1-3H3,(H,26,30). The van der Waals surface area contributed by atoms with Crippen molar-refractivity contribution in [2.75, 3.05) is 16.8 Å². The predicted octanol–water partition coefficient (Wildman–Crippen LogP) is 3.22. The van der Waals surface area contributed by atoms with Crippen molar-refractivity contribution < 1.29 is 14.3 Å². The van der Waals surface area contributed by atoms with Gasteiger partial charge in [-0.05, 0) is 68.7 Å². The fourth-order valence-electron chi connectivity index (χ4n) is 3.64. The van der Waals surface area contributed by atoms with Crippen molar-refractivity contribution in [3.8, 4) is 5.75 Å². The molecule has 1 N–H and O–H groups in total. The zero-order valence-electron chi connectivity index (χ0n) is 17.8. The summed E-state index contributed by atoms with van der Waals surface area (Å²) in [5.41, 5.74) is 4.09. The lowest BCUT2D eigenvalue weighted by atomic mass is 10.1. The fourth-order valence-corrected chi connectivity index (χ4v) is 3.64. The molecule has 2 heterocycles. The molecule has 31 heavy (non-hydrogen) atoms. The Kier molecular flexibility index (Phi) is 5.70. The number of hydrogen-bond donors (Lipinski definition) is 1. The monoisotopic (exact) mass is 419 g/mol. The molecule has 8 nitrogen and oxygen atoms in total. The van der Waals surface area contributed by atoms with Crippen molar-refractivity contribution in [3.63, 3.8) is 0 Å². The molecule has 0 bridgehead atoms. The van der Waals surface area contributed by atoms with Crippen molar-refractivity contribution in [1.29, 1.82) is 0 Å². The molecule has 0 saturated carbocycles. The van der Waals surface area contributed by atoms with E-state index in [-0.39, 0.29) is 24.5 Å². The first kappa shape index (κ1) is 20.6. The average Bonchev–Trinajstić information content (AvgIpc) is 3.36. The average molecular weight is 419 g/mol. The minimum Gasteiger partial charge on any atom is -0.490 e. The Labute approximate surface area is 180 Å². The normalized spacial score (nSPS) is 12.7. The molecule has 4 rings (SSSR count). The Morgan fingerprint density at radius 3 is 2.77 bits per heavy atom. The Balaban J connectivity index is 1.49. The summed E-state index contributed by atoms with van der Waals surface area (Å²) < 4.78 is 7.33. The minimum absolute atomic E-state index is 0.0330. The van der Waals surface area contributed by atoms with Gasteiger partial charge in [-0.3, -0.25) is 9.59 Å². The summed E-state index contributed by atoms with van der Waals surface area (Å²) in [5, 5.41) is 6.95. The summed E-state index contributed by atoms with van der Waals surface area (Å²) >= 11 is 0. The van der Waals surface area contributed by atoms with Crippen LogP contribution in [0.2, 0.25) is 0 Å². The second-order valence-corrected chi connectivity index (χ2v) is 7.85. The number of rotatable bonds is 6. The number of benzene rings is 2. The highest BCUT2D eigenvalue weighted by atomic mass is 16.5. The van der Waals surface area contributed by atoms with E-state index in [4.69, 9.17) is 4.74 Å². The first-order chi connectivity index (χ1) is 14.9. The second kappa shape index (κ2) is 8.59. The lowest BCUT2D eigenvalue weighted by Crippen LogP contribution is -2.32. The first-order valence-electron chi connectivity index (χ1n) is 10.2. The van der Waals surface area contributed by atoms with Gasteiger partial charge < -0.3 is 15.0 Å². The third-order valence-corrected chi connectivity index (χ3v) is 5.04. The lowest BCUT2D eigenvalue weighted by Gasteiger charge is -2.18. The number of nitrogens with zero attached hydrogens (tertiary/aromatic N) is 4. The molecule has 2 aromatic carbocycles. The van der Waals surface area contributed by atoms with Crippen molar-refractivity contribution in [2.45, 2.75) is 39.8 Å². The Hall–Kier alpha value is -3.68. The predicted molar refractivity (Wildman–Crippen MR) is 117 cm³/mol.